The van der Waals surface area contributed by atoms with E-state index in [1.807, 2.05) is 60.7 Å². The van der Waals surface area contributed by atoms with E-state index in [2.05, 4.69) is 0 Å². The molecule has 0 saturated heterocycles. The van der Waals surface area contributed by atoms with E-state index in [0.29, 0.717) is 5.75 Å². The normalized spacial score (nSPS) is 13.4. The first-order chi connectivity index (χ1) is 9.16. The first-order valence-corrected chi connectivity index (χ1v) is 6.05. The minimum Gasteiger partial charge on any atom is -0.471 e. The van der Waals surface area contributed by atoms with Crippen LogP contribution in [0.2, 0.25) is 0 Å². The minimum atomic E-state index is -1.16. The van der Waals surface area contributed by atoms with E-state index in [-0.39, 0.29) is 0 Å². The second-order valence-corrected chi connectivity index (χ2v) is 4.31. The lowest BCUT2D eigenvalue weighted by Gasteiger charge is -2.28. The molecule has 0 aliphatic carbocycles. The lowest BCUT2D eigenvalue weighted by Crippen LogP contribution is -2.39. The van der Waals surface area contributed by atoms with Gasteiger partial charge in [0.05, 0.1) is 7.11 Å². The number of benzene rings is 2. The Morgan fingerprint density at radius 1 is 0.947 bits per heavy atom. The molecule has 0 saturated carbocycles. The summed E-state index contributed by atoms with van der Waals surface area (Å²) < 4.78 is 10.7. The predicted molar refractivity (Wildman–Crippen MR) is 72.9 cm³/mol. The molecule has 1 atom stereocenters. The van der Waals surface area contributed by atoms with Gasteiger partial charge in [-0.2, -0.15) is 0 Å². The number of para-hydroxylation sites is 1. The van der Waals surface area contributed by atoms with E-state index in [1.165, 1.54) is 7.11 Å². The van der Waals surface area contributed by atoms with Crippen molar-refractivity contribution < 1.29 is 14.3 Å². The summed E-state index contributed by atoms with van der Waals surface area (Å²) in [5.74, 6) is 0.196. The second kappa shape index (κ2) is 5.57. The SMILES string of the molecule is COC(=O)[C@@](C)(Oc1ccccc1)c1ccccc1. The summed E-state index contributed by atoms with van der Waals surface area (Å²) in [6.45, 7) is 1.71. The molecular formula is C16H16O3. The van der Waals surface area contributed by atoms with Crippen LogP contribution in [0.15, 0.2) is 60.7 Å². The van der Waals surface area contributed by atoms with Crippen LogP contribution in [0.3, 0.4) is 0 Å². The molecule has 2 aromatic carbocycles. The molecule has 98 valence electrons. The van der Waals surface area contributed by atoms with Gasteiger partial charge in [0.25, 0.3) is 0 Å². The van der Waals surface area contributed by atoms with E-state index in [0.717, 1.165) is 5.56 Å². The fraction of sp³-hybridized carbons (Fsp3) is 0.188. The lowest BCUT2D eigenvalue weighted by atomic mass is 9.95. The molecule has 0 radical (unpaired) electrons. The Kier molecular flexibility index (Phi) is 3.85. The zero-order valence-electron chi connectivity index (χ0n) is 11.0. The zero-order chi connectivity index (χ0) is 13.7. The Morgan fingerprint density at radius 2 is 1.47 bits per heavy atom. The summed E-state index contributed by atoms with van der Waals surface area (Å²) in [6.07, 6.45) is 0. The fourth-order valence-electron chi connectivity index (χ4n) is 1.89. The molecule has 0 aromatic heterocycles. The molecule has 19 heavy (non-hydrogen) atoms. The maximum Gasteiger partial charge on any atom is 0.354 e. The van der Waals surface area contributed by atoms with Crippen LogP contribution in [-0.4, -0.2) is 13.1 Å². The van der Waals surface area contributed by atoms with E-state index in [9.17, 15) is 4.79 Å². The molecule has 0 heterocycles. The summed E-state index contributed by atoms with van der Waals surface area (Å²) in [4.78, 5) is 12.1. The van der Waals surface area contributed by atoms with Crippen molar-refractivity contribution >= 4 is 5.97 Å². The summed E-state index contributed by atoms with van der Waals surface area (Å²) in [5, 5.41) is 0. The van der Waals surface area contributed by atoms with Crippen molar-refractivity contribution in [1.82, 2.24) is 0 Å². The molecule has 2 rings (SSSR count). The van der Waals surface area contributed by atoms with Gasteiger partial charge in [-0.3, -0.25) is 0 Å². The van der Waals surface area contributed by atoms with Crippen LogP contribution < -0.4 is 4.74 Å². The van der Waals surface area contributed by atoms with Crippen molar-refractivity contribution in [3.05, 3.63) is 66.2 Å². The maximum absolute atomic E-state index is 12.1. The topological polar surface area (TPSA) is 35.5 Å². The van der Waals surface area contributed by atoms with Crippen molar-refractivity contribution in [1.29, 1.82) is 0 Å². The molecule has 0 N–H and O–H groups in total. The lowest BCUT2D eigenvalue weighted by molar-refractivity contribution is -0.158. The van der Waals surface area contributed by atoms with Gasteiger partial charge in [-0.1, -0.05) is 48.5 Å². The molecule has 0 aliphatic heterocycles. The third kappa shape index (κ3) is 2.76. The molecule has 3 nitrogen and oxygen atoms in total. The molecule has 0 bridgehead atoms. The van der Waals surface area contributed by atoms with Crippen LogP contribution in [-0.2, 0) is 15.1 Å². The largest absolute Gasteiger partial charge is 0.471 e. The van der Waals surface area contributed by atoms with E-state index in [4.69, 9.17) is 9.47 Å². The summed E-state index contributed by atoms with van der Waals surface area (Å²) in [6, 6.07) is 18.5. The highest BCUT2D eigenvalue weighted by molar-refractivity contribution is 5.81. The van der Waals surface area contributed by atoms with Crippen LogP contribution in [0.1, 0.15) is 12.5 Å². The van der Waals surface area contributed by atoms with Gasteiger partial charge in [0.2, 0.25) is 5.60 Å². The average Bonchev–Trinajstić information content (AvgIpc) is 2.48. The van der Waals surface area contributed by atoms with Gasteiger partial charge in [-0.15, -0.1) is 0 Å². The Bertz CT molecular complexity index is 536. The highest BCUT2D eigenvalue weighted by atomic mass is 16.6. The van der Waals surface area contributed by atoms with Gasteiger partial charge in [-0.05, 0) is 19.1 Å². The zero-order valence-corrected chi connectivity index (χ0v) is 11.0. The fourth-order valence-corrected chi connectivity index (χ4v) is 1.89. The number of rotatable bonds is 4. The average molecular weight is 256 g/mol. The smallest absolute Gasteiger partial charge is 0.354 e. The first-order valence-electron chi connectivity index (χ1n) is 6.05. The molecule has 0 unspecified atom stereocenters. The summed E-state index contributed by atoms with van der Waals surface area (Å²) >= 11 is 0. The molecule has 0 amide bonds. The van der Waals surface area contributed by atoms with E-state index in [1.54, 1.807) is 6.92 Å². The first kappa shape index (κ1) is 13.1. The second-order valence-electron chi connectivity index (χ2n) is 4.31. The Morgan fingerprint density at radius 3 is 2.00 bits per heavy atom. The van der Waals surface area contributed by atoms with Gasteiger partial charge in [0.1, 0.15) is 5.75 Å². The Labute approximate surface area is 112 Å². The number of carbonyl (C=O) groups excluding carboxylic acids is 1. The van der Waals surface area contributed by atoms with Crippen LogP contribution in [0.25, 0.3) is 0 Å². The van der Waals surface area contributed by atoms with E-state index >= 15 is 0 Å². The maximum atomic E-state index is 12.1. The molecular weight excluding hydrogens is 240 g/mol. The monoisotopic (exact) mass is 256 g/mol. The standard InChI is InChI=1S/C16H16O3/c1-16(15(17)18-2,13-9-5-3-6-10-13)19-14-11-7-4-8-12-14/h3-12H,1-2H3/t16-/m0/s1. The Balaban J connectivity index is 2.39. The van der Waals surface area contributed by atoms with Gasteiger partial charge in [0, 0.05) is 5.56 Å². The van der Waals surface area contributed by atoms with Crippen LogP contribution >= 0.6 is 0 Å². The van der Waals surface area contributed by atoms with Gasteiger partial charge in [-0.25, -0.2) is 4.79 Å². The van der Waals surface area contributed by atoms with Crippen molar-refractivity contribution in [3.8, 4) is 5.75 Å². The van der Waals surface area contributed by atoms with Crippen LogP contribution in [0.5, 0.6) is 5.75 Å². The highest BCUT2D eigenvalue weighted by Crippen LogP contribution is 2.29. The third-order valence-electron chi connectivity index (χ3n) is 2.96. The van der Waals surface area contributed by atoms with Crippen molar-refractivity contribution in [3.63, 3.8) is 0 Å². The Hall–Kier alpha value is -2.29. The van der Waals surface area contributed by atoms with Gasteiger partial charge in [0.15, 0.2) is 0 Å². The molecule has 3 heteroatoms. The van der Waals surface area contributed by atoms with Crippen LogP contribution in [0.4, 0.5) is 0 Å². The highest BCUT2D eigenvalue weighted by Gasteiger charge is 2.38. The van der Waals surface area contributed by atoms with Gasteiger partial charge < -0.3 is 9.47 Å². The predicted octanol–water partition coefficient (Wildman–Crippen LogP) is 3.15. The van der Waals surface area contributed by atoms with Crippen molar-refractivity contribution in [2.75, 3.05) is 7.11 Å². The third-order valence-corrected chi connectivity index (χ3v) is 2.96. The molecule has 0 fully saturated rings. The quantitative estimate of drug-likeness (QED) is 0.788. The molecule has 0 spiro atoms. The van der Waals surface area contributed by atoms with E-state index < -0.39 is 11.6 Å². The number of carbonyl (C=O) groups is 1. The van der Waals surface area contributed by atoms with Crippen molar-refractivity contribution in [2.45, 2.75) is 12.5 Å². The number of esters is 1. The minimum absolute atomic E-state index is 0.428. The summed E-state index contributed by atoms with van der Waals surface area (Å²) in [7, 11) is 1.36. The number of hydrogen-bond donors (Lipinski definition) is 0. The number of methoxy groups -OCH3 is 1. The molecule has 2 aromatic rings. The van der Waals surface area contributed by atoms with Crippen molar-refractivity contribution in [2.24, 2.45) is 0 Å². The van der Waals surface area contributed by atoms with Crippen LogP contribution in [0, 0.1) is 0 Å². The summed E-state index contributed by atoms with van der Waals surface area (Å²) in [5.41, 5.74) is -0.400. The molecule has 0 aliphatic rings. The van der Waals surface area contributed by atoms with Gasteiger partial charge >= 0.3 is 5.97 Å². The number of hydrogen-bond acceptors (Lipinski definition) is 3. The number of ether oxygens (including phenoxy) is 2.